The normalized spacial score (nSPS) is 24.0. The van der Waals surface area contributed by atoms with Crippen molar-refractivity contribution in [1.29, 1.82) is 0 Å². The van der Waals surface area contributed by atoms with E-state index in [2.05, 4.69) is 99.0 Å². The predicted octanol–water partition coefficient (Wildman–Crippen LogP) is 7.81. The summed E-state index contributed by atoms with van der Waals surface area (Å²) in [6, 6.07) is 34.1. The molecule has 0 aromatic heterocycles. The molecule has 0 radical (unpaired) electrons. The van der Waals surface area contributed by atoms with Crippen molar-refractivity contribution in [1.82, 2.24) is 0 Å². The van der Waals surface area contributed by atoms with Crippen molar-refractivity contribution in [2.24, 2.45) is 0 Å². The molecule has 166 valence electrons. The van der Waals surface area contributed by atoms with Crippen LogP contribution in [0.4, 0.5) is 0 Å². The SMILES string of the molecule is C[Si]1(C)Cc2ccc(cc2)C2CCC2c2ccc(cc2)C[Si](C)(C)Cc2cccc(c2)C1. The van der Waals surface area contributed by atoms with Crippen LogP contribution in [-0.2, 0) is 24.2 Å². The second kappa shape index (κ2) is 8.46. The summed E-state index contributed by atoms with van der Waals surface area (Å²) in [6.07, 6.45) is 2.67. The van der Waals surface area contributed by atoms with Crippen LogP contribution in [0.25, 0.3) is 0 Å². The van der Waals surface area contributed by atoms with Crippen molar-refractivity contribution in [2.45, 2.75) is 75.0 Å². The van der Waals surface area contributed by atoms with Crippen LogP contribution >= 0.6 is 0 Å². The average molecular weight is 455 g/mol. The Morgan fingerprint density at radius 1 is 0.500 bits per heavy atom. The quantitative estimate of drug-likeness (QED) is 0.304. The van der Waals surface area contributed by atoms with Gasteiger partial charge < -0.3 is 0 Å². The molecule has 2 unspecified atom stereocenters. The number of rotatable bonds is 0. The standard InChI is InChI=1S/C30H38Si2/c1-31(2)19-23-8-12-27(13-9-23)29-16-17-30(29)28-14-10-24(11-15-28)20-32(3,4)22-26-7-5-6-25(18-26)21-31/h5-15,18,29-30H,16-17,19-22H2,1-4H3. The van der Waals surface area contributed by atoms with Gasteiger partial charge in [-0.1, -0.05) is 121 Å². The summed E-state index contributed by atoms with van der Waals surface area (Å²) in [4.78, 5) is 0. The van der Waals surface area contributed by atoms with Crippen molar-refractivity contribution in [3.05, 3.63) is 106 Å². The number of hydrogen-bond acceptors (Lipinski definition) is 0. The Hall–Kier alpha value is -1.91. The summed E-state index contributed by atoms with van der Waals surface area (Å²) >= 11 is 0. The van der Waals surface area contributed by atoms with Crippen molar-refractivity contribution in [2.75, 3.05) is 0 Å². The van der Waals surface area contributed by atoms with Crippen LogP contribution in [-0.4, -0.2) is 16.1 Å². The van der Waals surface area contributed by atoms with Crippen LogP contribution in [0.5, 0.6) is 0 Å². The summed E-state index contributed by atoms with van der Waals surface area (Å²) < 4.78 is 0. The Labute approximate surface area is 197 Å². The molecular formula is C30H38Si2. The molecule has 3 heterocycles. The molecule has 3 aliphatic heterocycles. The van der Waals surface area contributed by atoms with Crippen molar-refractivity contribution >= 4 is 16.1 Å². The van der Waals surface area contributed by atoms with Gasteiger partial charge in [-0.3, -0.25) is 0 Å². The highest BCUT2D eigenvalue weighted by molar-refractivity contribution is 6.76. The van der Waals surface area contributed by atoms with Gasteiger partial charge >= 0.3 is 0 Å². The largest absolute Gasteiger partial charge is 0.0689 e. The number of hydrogen-bond donors (Lipinski definition) is 0. The first kappa shape index (κ1) is 21.9. The van der Waals surface area contributed by atoms with E-state index in [1.54, 1.807) is 22.3 Å². The van der Waals surface area contributed by atoms with Gasteiger partial charge in [-0.2, -0.15) is 0 Å². The number of benzene rings is 3. The third kappa shape index (κ3) is 4.87. The van der Waals surface area contributed by atoms with Crippen LogP contribution in [0.3, 0.4) is 0 Å². The fourth-order valence-electron chi connectivity index (χ4n) is 6.25. The first-order valence-electron chi connectivity index (χ1n) is 12.5. The maximum Gasteiger partial charge on any atom is 0.0561 e. The van der Waals surface area contributed by atoms with Gasteiger partial charge in [0.25, 0.3) is 0 Å². The topological polar surface area (TPSA) is 0 Å². The van der Waals surface area contributed by atoms with Gasteiger partial charge in [-0.05, 0) is 60.0 Å². The molecule has 3 aromatic carbocycles. The fourth-order valence-corrected chi connectivity index (χ4v) is 11.8. The average Bonchev–Trinajstić information content (AvgIpc) is 2.68. The van der Waals surface area contributed by atoms with Crippen molar-refractivity contribution in [3.63, 3.8) is 0 Å². The van der Waals surface area contributed by atoms with E-state index in [-0.39, 0.29) is 0 Å². The monoisotopic (exact) mass is 454 g/mol. The lowest BCUT2D eigenvalue weighted by Gasteiger charge is -2.38. The van der Waals surface area contributed by atoms with E-state index in [0.717, 1.165) is 0 Å². The Kier molecular flexibility index (Phi) is 5.79. The highest BCUT2D eigenvalue weighted by Crippen LogP contribution is 2.49. The third-order valence-electron chi connectivity index (χ3n) is 7.81. The maximum atomic E-state index is 2.57. The molecule has 0 amide bonds. The van der Waals surface area contributed by atoms with Crippen molar-refractivity contribution < 1.29 is 0 Å². The summed E-state index contributed by atoms with van der Waals surface area (Å²) in [7, 11) is -2.72. The van der Waals surface area contributed by atoms with E-state index in [4.69, 9.17) is 0 Å². The Balaban J connectivity index is 1.51. The van der Waals surface area contributed by atoms with Crippen LogP contribution in [0, 0.1) is 0 Å². The molecule has 7 rings (SSSR count). The Morgan fingerprint density at radius 3 is 1.25 bits per heavy atom. The lowest BCUT2D eigenvalue weighted by Crippen LogP contribution is -2.34. The zero-order valence-electron chi connectivity index (χ0n) is 20.3. The van der Waals surface area contributed by atoms with Gasteiger partial charge in [0.1, 0.15) is 0 Å². The predicted molar refractivity (Wildman–Crippen MR) is 144 cm³/mol. The van der Waals surface area contributed by atoms with E-state index in [1.165, 1.54) is 48.1 Å². The molecule has 3 aromatic rings. The highest BCUT2D eigenvalue weighted by Gasteiger charge is 2.33. The Bertz CT molecular complexity index is 992. The van der Waals surface area contributed by atoms with Gasteiger partial charge in [0.15, 0.2) is 0 Å². The van der Waals surface area contributed by atoms with Crippen LogP contribution in [0.1, 0.15) is 58.1 Å². The molecule has 6 bridgehead atoms. The van der Waals surface area contributed by atoms with E-state index >= 15 is 0 Å². The molecule has 0 spiro atoms. The zero-order chi connectivity index (χ0) is 22.3. The van der Waals surface area contributed by atoms with Crippen LogP contribution < -0.4 is 0 Å². The first-order valence-corrected chi connectivity index (χ1v) is 19.3. The molecule has 0 N–H and O–H groups in total. The van der Waals surface area contributed by atoms with Crippen molar-refractivity contribution in [3.8, 4) is 0 Å². The maximum absolute atomic E-state index is 2.57. The van der Waals surface area contributed by atoms with Gasteiger partial charge in [0, 0.05) is 0 Å². The van der Waals surface area contributed by atoms with E-state index in [1.807, 2.05) is 0 Å². The van der Waals surface area contributed by atoms with E-state index in [9.17, 15) is 0 Å². The molecule has 4 aliphatic rings. The van der Waals surface area contributed by atoms with Gasteiger partial charge in [0.05, 0.1) is 16.1 Å². The second-order valence-corrected chi connectivity index (χ2v) is 22.2. The lowest BCUT2D eigenvalue weighted by molar-refractivity contribution is 0.346. The van der Waals surface area contributed by atoms with Crippen LogP contribution in [0.2, 0.25) is 26.2 Å². The minimum atomic E-state index is -1.36. The minimum absolute atomic E-state index is 0.703. The number of fused-ring (bicyclic) bond motifs is 2. The van der Waals surface area contributed by atoms with E-state index in [0.29, 0.717) is 11.8 Å². The highest BCUT2D eigenvalue weighted by atomic mass is 28.3. The summed E-state index contributed by atoms with van der Waals surface area (Å²) in [5.74, 6) is 1.41. The first-order chi connectivity index (χ1) is 15.3. The summed E-state index contributed by atoms with van der Waals surface area (Å²) in [6.45, 7) is 10.3. The molecular weight excluding hydrogens is 417 g/mol. The second-order valence-electron chi connectivity index (χ2n) is 12.1. The third-order valence-corrected chi connectivity index (χ3v) is 13.3. The zero-order valence-corrected chi connectivity index (χ0v) is 22.3. The minimum Gasteiger partial charge on any atom is -0.0689 e. The Morgan fingerprint density at radius 2 is 0.875 bits per heavy atom. The van der Waals surface area contributed by atoms with Crippen LogP contribution in [0.15, 0.2) is 72.8 Å². The van der Waals surface area contributed by atoms with E-state index < -0.39 is 16.1 Å². The fraction of sp³-hybridized carbons (Fsp3) is 0.400. The molecule has 0 saturated heterocycles. The summed E-state index contributed by atoms with van der Waals surface area (Å²) in [5.41, 5.74) is 9.28. The van der Waals surface area contributed by atoms with Gasteiger partial charge in [-0.25, -0.2) is 0 Å². The summed E-state index contributed by atoms with van der Waals surface area (Å²) in [5, 5.41) is 0. The van der Waals surface area contributed by atoms with Gasteiger partial charge in [-0.15, -0.1) is 0 Å². The molecule has 1 saturated carbocycles. The molecule has 0 nitrogen and oxygen atoms in total. The molecule has 1 fully saturated rings. The molecule has 1 aliphatic carbocycles. The molecule has 2 atom stereocenters. The lowest BCUT2D eigenvalue weighted by atomic mass is 9.67. The molecule has 2 heteroatoms. The molecule has 32 heavy (non-hydrogen) atoms. The smallest absolute Gasteiger partial charge is 0.0561 e. The van der Waals surface area contributed by atoms with Gasteiger partial charge in [0.2, 0.25) is 0 Å².